The summed E-state index contributed by atoms with van der Waals surface area (Å²) in [5, 5.41) is 0. The maximum atomic E-state index is 4.42. The second-order valence-electron chi connectivity index (χ2n) is 7.56. The highest BCUT2D eigenvalue weighted by atomic mass is 15.2. The first-order chi connectivity index (χ1) is 13.0. The molecule has 0 spiro atoms. The number of aryl methyl sites for hydroxylation is 3. The van der Waals surface area contributed by atoms with Crippen molar-refractivity contribution in [3.05, 3.63) is 77.6 Å². The van der Waals surface area contributed by atoms with E-state index >= 15 is 0 Å². The fraction of sp³-hybridized carbons (Fsp3) is 0.250. The maximum absolute atomic E-state index is 4.42. The number of pyridine rings is 1. The molecule has 2 heterocycles. The van der Waals surface area contributed by atoms with Crippen LogP contribution in [0.15, 0.2) is 60.9 Å². The van der Waals surface area contributed by atoms with Crippen molar-refractivity contribution < 1.29 is 4.57 Å². The van der Waals surface area contributed by atoms with E-state index in [1.807, 2.05) is 12.4 Å². The Kier molecular flexibility index (Phi) is 4.31. The van der Waals surface area contributed by atoms with E-state index in [1.54, 1.807) is 0 Å². The molecule has 4 rings (SSSR count). The summed E-state index contributed by atoms with van der Waals surface area (Å²) in [5.74, 6) is 1.61. The molecule has 0 amide bonds. The number of hydrogen-bond acceptors (Lipinski definition) is 1. The molecule has 0 aliphatic rings. The van der Waals surface area contributed by atoms with Crippen LogP contribution in [0.2, 0.25) is 0 Å². The Morgan fingerprint density at radius 1 is 0.926 bits per heavy atom. The van der Waals surface area contributed by atoms with Crippen LogP contribution in [-0.2, 0) is 7.05 Å². The Morgan fingerprint density at radius 3 is 2.44 bits per heavy atom. The number of hydrogen-bond donors (Lipinski definition) is 0. The van der Waals surface area contributed by atoms with Crippen molar-refractivity contribution >= 4 is 11.0 Å². The normalized spacial score (nSPS) is 11.5. The van der Waals surface area contributed by atoms with Gasteiger partial charge in [-0.1, -0.05) is 44.2 Å². The zero-order valence-electron chi connectivity index (χ0n) is 16.7. The summed E-state index contributed by atoms with van der Waals surface area (Å²) in [6.45, 7) is 8.84. The molecule has 0 saturated carbocycles. The molecule has 0 aliphatic carbocycles. The number of rotatable bonds is 3. The van der Waals surface area contributed by atoms with E-state index in [1.165, 1.54) is 33.4 Å². The molecule has 2 aromatic carbocycles. The van der Waals surface area contributed by atoms with E-state index in [0.717, 1.165) is 11.4 Å². The van der Waals surface area contributed by atoms with Gasteiger partial charge in [-0.2, -0.15) is 4.57 Å². The number of aromatic nitrogens is 3. The molecule has 3 nitrogen and oxygen atoms in total. The van der Waals surface area contributed by atoms with E-state index in [-0.39, 0.29) is 0 Å². The van der Waals surface area contributed by atoms with Crippen LogP contribution in [0.5, 0.6) is 0 Å². The fourth-order valence-electron chi connectivity index (χ4n) is 4.05. The van der Waals surface area contributed by atoms with Gasteiger partial charge in [0, 0.05) is 23.5 Å². The second-order valence-corrected chi connectivity index (χ2v) is 7.56. The molecule has 0 radical (unpaired) electrons. The summed E-state index contributed by atoms with van der Waals surface area (Å²) in [6, 6.07) is 17.3. The molecule has 0 bridgehead atoms. The number of imidazole rings is 1. The smallest absolute Gasteiger partial charge is 0.264 e. The van der Waals surface area contributed by atoms with Crippen LogP contribution in [0, 0.1) is 13.8 Å². The van der Waals surface area contributed by atoms with E-state index in [2.05, 4.69) is 97.4 Å². The van der Waals surface area contributed by atoms with Gasteiger partial charge in [0.15, 0.2) is 11.0 Å². The van der Waals surface area contributed by atoms with Crippen LogP contribution < -0.4 is 4.57 Å². The van der Waals surface area contributed by atoms with Gasteiger partial charge in [0.2, 0.25) is 0 Å². The summed E-state index contributed by atoms with van der Waals surface area (Å²) in [4.78, 5) is 4.42. The van der Waals surface area contributed by atoms with Gasteiger partial charge >= 0.3 is 0 Å². The predicted octanol–water partition coefficient (Wildman–Crippen LogP) is 5.26. The predicted molar refractivity (Wildman–Crippen MR) is 111 cm³/mol. The number of benzene rings is 2. The van der Waals surface area contributed by atoms with Gasteiger partial charge in [0.1, 0.15) is 5.69 Å². The van der Waals surface area contributed by atoms with Crippen molar-refractivity contribution in [2.45, 2.75) is 33.6 Å². The summed E-state index contributed by atoms with van der Waals surface area (Å²) < 4.78 is 4.72. The van der Waals surface area contributed by atoms with Crippen LogP contribution >= 0.6 is 0 Å². The third kappa shape index (κ3) is 2.74. The molecular formula is C24H26N3+. The topological polar surface area (TPSA) is 21.7 Å². The average Bonchev–Trinajstić information content (AvgIpc) is 2.95. The van der Waals surface area contributed by atoms with E-state index in [4.69, 9.17) is 0 Å². The minimum atomic E-state index is 0.441. The Morgan fingerprint density at radius 2 is 1.70 bits per heavy atom. The molecule has 0 atom stereocenters. The molecular weight excluding hydrogens is 330 g/mol. The van der Waals surface area contributed by atoms with Gasteiger partial charge < -0.3 is 0 Å². The Hall–Kier alpha value is -2.94. The van der Waals surface area contributed by atoms with Crippen LogP contribution in [0.1, 0.15) is 36.5 Å². The van der Waals surface area contributed by atoms with Gasteiger partial charge in [0.25, 0.3) is 5.82 Å². The Bertz CT molecular complexity index is 1140. The molecule has 2 aromatic heterocycles. The summed E-state index contributed by atoms with van der Waals surface area (Å²) >= 11 is 0. The molecule has 27 heavy (non-hydrogen) atoms. The van der Waals surface area contributed by atoms with Crippen LogP contribution in [0.25, 0.3) is 28.1 Å². The summed E-state index contributed by atoms with van der Waals surface area (Å²) in [5.41, 5.74) is 8.73. The third-order valence-corrected chi connectivity index (χ3v) is 5.40. The standard InChI is InChI=1S/C24H26N3/c1-16(2)19-10-6-7-11-21(19)27-22-12-8-9-18(4)23(22)26(5)24(27)20-15-25-14-13-17(20)3/h6-16H,1-5H3/q+1. The van der Waals surface area contributed by atoms with Crippen LogP contribution in [0.4, 0.5) is 0 Å². The van der Waals surface area contributed by atoms with E-state index in [9.17, 15) is 0 Å². The van der Waals surface area contributed by atoms with Crippen molar-refractivity contribution in [2.75, 3.05) is 0 Å². The largest absolute Gasteiger partial charge is 0.296 e. The number of fused-ring (bicyclic) bond motifs is 1. The van der Waals surface area contributed by atoms with Crippen molar-refractivity contribution in [1.82, 2.24) is 9.55 Å². The van der Waals surface area contributed by atoms with Crippen molar-refractivity contribution in [3.63, 3.8) is 0 Å². The molecule has 0 saturated heterocycles. The highest BCUT2D eigenvalue weighted by Crippen LogP contribution is 2.33. The van der Waals surface area contributed by atoms with Gasteiger partial charge in [-0.3, -0.25) is 4.98 Å². The van der Waals surface area contributed by atoms with Crippen LogP contribution in [-0.4, -0.2) is 9.55 Å². The maximum Gasteiger partial charge on any atom is 0.296 e. The molecule has 136 valence electrons. The Balaban J connectivity index is 2.20. The lowest BCUT2D eigenvalue weighted by atomic mass is 10.0. The average molecular weight is 356 g/mol. The van der Waals surface area contributed by atoms with Gasteiger partial charge in [0.05, 0.1) is 12.6 Å². The van der Waals surface area contributed by atoms with Crippen LogP contribution in [0.3, 0.4) is 0 Å². The van der Waals surface area contributed by atoms with Gasteiger partial charge in [-0.25, -0.2) is 4.57 Å². The highest BCUT2D eigenvalue weighted by Gasteiger charge is 2.29. The third-order valence-electron chi connectivity index (χ3n) is 5.40. The molecule has 0 unspecified atom stereocenters. The SMILES string of the molecule is Cc1ccncc1-c1n(-c2ccccc2C(C)C)c2cccc(C)c2[n+]1C. The first-order valence-electron chi connectivity index (χ1n) is 9.51. The molecule has 4 aromatic rings. The monoisotopic (exact) mass is 356 g/mol. The van der Waals surface area contributed by atoms with Crippen molar-refractivity contribution in [1.29, 1.82) is 0 Å². The summed E-state index contributed by atoms with van der Waals surface area (Å²) in [7, 11) is 2.16. The van der Waals surface area contributed by atoms with Gasteiger partial charge in [-0.05, 0) is 43.5 Å². The summed E-state index contributed by atoms with van der Waals surface area (Å²) in [6.07, 6.45) is 3.84. The molecule has 3 heteroatoms. The van der Waals surface area contributed by atoms with Gasteiger partial charge in [-0.15, -0.1) is 0 Å². The minimum absolute atomic E-state index is 0.441. The van der Waals surface area contributed by atoms with Crippen molar-refractivity contribution in [2.24, 2.45) is 7.05 Å². The first-order valence-corrected chi connectivity index (χ1v) is 9.51. The lowest BCUT2D eigenvalue weighted by molar-refractivity contribution is -0.634. The molecule has 0 fully saturated rings. The highest BCUT2D eigenvalue weighted by molar-refractivity contribution is 5.82. The molecule has 0 N–H and O–H groups in total. The zero-order chi connectivity index (χ0) is 19.1. The first kappa shape index (κ1) is 17.5. The lowest BCUT2D eigenvalue weighted by Crippen LogP contribution is -2.31. The fourth-order valence-corrected chi connectivity index (χ4v) is 4.05. The Labute approximate surface area is 160 Å². The minimum Gasteiger partial charge on any atom is -0.264 e. The van der Waals surface area contributed by atoms with Crippen molar-refractivity contribution in [3.8, 4) is 17.1 Å². The quantitative estimate of drug-likeness (QED) is 0.459. The lowest BCUT2D eigenvalue weighted by Gasteiger charge is -2.12. The number of para-hydroxylation sites is 2. The van der Waals surface area contributed by atoms with E-state index < -0.39 is 0 Å². The zero-order valence-corrected chi connectivity index (χ0v) is 16.7. The number of nitrogens with zero attached hydrogens (tertiary/aromatic N) is 3. The molecule has 0 aliphatic heterocycles. The van der Waals surface area contributed by atoms with E-state index in [0.29, 0.717) is 5.92 Å². The second kappa shape index (κ2) is 6.66.